The van der Waals surface area contributed by atoms with Gasteiger partial charge in [-0.2, -0.15) is 0 Å². The van der Waals surface area contributed by atoms with Crippen LogP contribution in [0.2, 0.25) is 0 Å². The molecule has 0 unspecified atom stereocenters. The monoisotopic (exact) mass is 397 g/mol. The molecule has 148 valence electrons. The minimum absolute atomic E-state index is 1.05. The highest BCUT2D eigenvalue weighted by atomic mass is 14.7. The zero-order chi connectivity index (χ0) is 20.6. The van der Waals surface area contributed by atoms with Gasteiger partial charge in [-0.05, 0) is 64.1 Å². The van der Waals surface area contributed by atoms with Crippen molar-refractivity contribution in [1.82, 2.24) is 4.98 Å². The third-order valence-electron chi connectivity index (χ3n) is 6.33. The molecule has 1 heterocycles. The number of para-hydroxylation sites is 1. The summed E-state index contributed by atoms with van der Waals surface area (Å²) in [5, 5.41) is 5.12. The van der Waals surface area contributed by atoms with E-state index in [1.807, 2.05) is 0 Å². The third-order valence-corrected chi connectivity index (χ3v) is 6.33. The van der Waals surface area contributed by atoms with Crippen molar-refractivity contribution in [3.63, 3.8) is 0 Å². The van der Waals surface area contributed by atoms with Gasteiger partial charge < -0.3 is 4.98 Å². The molecule has 0 radical (unpaired) electrons. The second-order valence-corrected chi connectivity index (χ2v) is 8.18. The molecule has 1 aliphatic carbocycles. The van der Waals surface area contributed by atoms with Gasteiger partial charge in [0.15, 0.2) is 0 Å². The first-order valence-corrected chi connectivity index (χ1v) is 10.9. The molecule has 31 heavy (non-hydrogen) atoms. The van der Waals surface area contributed by atoms with Gasteiger partial charge in [0.05, 0.1) is 0 Å². The molecule has 0 saturated carbocycles. The molecule has 1 N–H and O–H groups in total. The molecule has 4 aromatic carbocycles. The molecular weight excluding hydrogens is 374 g/mol. The van der Waals surface area contributed by atoms with E-state index < -0.39 is 0 Å². The number of H-pyrrole nitrogens is 1. The number of hydrogen-bond donors (Lipinski definition) is 1. The summed E-state index contributed by atoms with van der Waals surface area (Å²) in [6.07, 6.45) is 6.75. The van der Waals surface area contributed by atoms with Crippen LogP contribution in [0.3, 0.4) is 0 Å². The van der Waals surface area contributed by atoms with Gasteiger partial charge in [0.1, 0.15) is 0 Å². The molecule has 1 nitrogen and oxygen atoms in total. The van der Waals surface area contributed by atoms with Gasteiger partial charge in [0, 0.05) is 21.8 Å². The second kappa shape index (κ2) is 7.45. The predicted octanol–water partition coefficient (Wildman–Crippen LogP) is 8.23. The summed E-state index contributed by atoms with van der Waals surface area (Å²) in [5.74, 6) is 0. The standard InChI is InChI=1S/C30H23N/c1-2-10-21(11-3-1)22-18-19-30-28(20-22)26-15-7-5-13-24(26)23-12-4-6-14-25(23)27-16-8-9-17-29(27)31-30/h1-6,8-14,16-20,31H,7,15H2. The minimum Gasteiger partial charge on any atom is -0.355 e. The van der Waals surface area contributed by atoms with Crippen LogP contribution in [-0.4, -0.2) is 4.98 Å². The van der Waals surface area contributed by atoms with E-state index in [9.17, 15) is 0 Å². The Morgan fingerprint density at radius 1 is 0.548 bits per heavy atom. The molecular formula is C30H23N. The van der Waals surface area contributed by atoms with Crippen molar-refractivity contribution in [3.8, 4) is 11.1 Å². The van der Waals surface area contributed by atoms with Gasteiger partial charge in [-0.25, -0.2) is 0 Å². The number of fused-ring (bicyclic) bond motifs is 7. The molecule has 0 amide bonds. The van der Waals surface area contributed by atoms with Gasteiger partial charge in [0.25, 0.3) is 0 Å². The van der Waals surface area contributed by atoms with Crippen LogP contribution in [0.1, 0.15) is 17.5 Å². The van der Waals surface area contributed by atoms with Gasteiger partial charge >= 0.3 is 0 Å². The number of rotatable bonds is 1. The smallest absolute Gasteiger partial charge is 0.0464 e. The lowest BCUT2D eigenvalue weighted by Crippen LogP contribution is -1.95. The summed E-state index contributed by atoms with van der Waals surface area (Å²) in [6, 6.07) is 34.9. The van der Waals surface area contributed by atoms with Crippen molar-refractivity contribution < 1.29 is 0 Å². The van der Waals surface area contributed by atoms with Crippen molar-refractivity contribution in [1.29, 1.82) is 0 Å². The molecule has 1 heteroatoms. The van der Waals surface area contributed by atoms with Crippen LogP contribution in [0.5, 0.6) is 0 Å². The van der Waals surface area contributed by atoms with E-state index in [2.05, 4.69) is 114 Å². The number of aryl methyl sites for hydroxylation is 1. The van der Waals surface area contributed by atoms with Crippen molar-refractivity contribution in [2.75, 3.05) is 0 Å². The summed E-state index contributed by atoms with van der Waals surface area (Å²) >= 11 is 0. The number of aromatic amines is 1. The topological polar surface area (TPSA) is 15.8 Å². The lowest BCUT2D eigenvalue weighted by atomic mass is 9.91. The van der Waals surface area contributed by atoms with Crippen molar-refractivity contribution in [3.05, 3.63) is 114 Å². The van der Waals surface area contributed by atoms with Gasteiger partial charge in [-0.3, -0.25) is 0 Å². The van der Waals surface area contributed by atoms with Crippen LogP contribution < -0.4 is 0 Å². The largest absolute Gasteiger partial charge is 0.355 e. The van der Waals surface area contributed by atoms with E-state index in [1.165, 1.54) is 49.3 Å². The van der Waals surface area contributed by atoms with E-state index in [1.54, 1.807) is 0 Å². The molecule has 1 aromatic heterocycles. The third kappa shape index (κ3) is 3.10. The lowest BCUT2D eigenvalue weighted by molar-refractivity contribution is 1.00. The first kappa shape index (κ1) is 18.0. The molecule has 0 atom stereocenters. The predicted molar refractivity (Wildman–Crippen MR) is 134 cm³/mol. The molecule has 0 saturated heterocycles. The summed E-state index contributed by atoms with van der Waals surface area (Å²) in [5.41, 5.74) is 7.58. The van der Waals surface area contributed by atoms with E-state index in [-0.39, 0.29) is 0 Å². The van der Waals surface area contributed by atoms with Gasteiger partial charge in [0.2, 0.25) is 0 Å². The zero-order valence-corrected chi connectivity index (χ0v) is 17.3. The summed E-state index contributed by atoms with van der Waals surface area (Å²) < 4.78 is 0. The number of benzene rings is 4. The van der Waals surface area contributed by atoms with E-state index in [0.717, 1.165) is 18.4 Å². The number of hydrogen-bond acceptors (Lipinski definition) is 0. The molecule has 1 aliphatic rings. The van der Waals surface area contributed by atoms with E-state index in [4.69, 9.17) is 0 Å². The Morgan fingerprint density at radius 2 is 1.26 bits per heavy atom. The van der Waals surface area contributed by atoms with E-state index >= 15 is 0 Å². The Kier molecular flexibility index (Phi) is 4.32. The highest BCUT2D eigenvalue weighted by molar-refractivity contribution is 6.09. The molecule has 5 aromatic rings. The molecule has 0 bridgehead atoms. The number of aromatic nitrogens is 1. The summed E-state index contributed by atoms with van der Waals surface area (Å²) in [4.78, 5) is 3.78. The second-order valence-electron chi connectivity index (χ2n) is 8.18. The highest BCUT2D eigenvalue weighted by Crippen LogP contribution is 2.34. The van der Waals surface area contributed by atoms with Crippen LogP contribution in [0, 0.1) is 0 Å². The fourth-order valence-corrected chi connectivity index (χ4v) is 4.83. The van der Waals surface area contributed by atoms with Crippen LogP contribution >= 0.6 is 0 Å². The van der Waals surface area contributed by atoms with Gasteiger partial charge in [-0.15, -0.1) is 0 Å². The van der Waals surface area contributed by atoms with Crippen LogP contribution in [0.15, 0.2) is 103 Å². The van der Waals surface area contributed by atoms with Gasteiger partial charge in [-0.1, -0.05) is 91.0 Å². The first-order valence-electron chi connectivity index (χ1n) is 10.9. The lowest BCUT2D eigenvalue weighted by Gasteiger charge is -2.13. The highest BCUT2D eigenvalue weighted by Gasteiger charge is 2.12. The van der Waals surface area contributed by atoms with Crippen molar-refractivity contribution >= 4 is 38.7 Å². The van der Waals surface area contributed by atoms with Crippen LogP contribution in [0.25, 0.3) is 49.8 Å². The maximum absolute atomic E-state index is 3.78. The average molecular weight is 398 g/mol. The van der Waals surface area contributed by atoms with Crippen molar-refractivity contribution in [2.45, 2.75) is 12.8 Å². The summed E-state index contributed by atoms with van der Waals surface area (Å²) in [7, 11) is 0. The van der Waals surface area contributed by atoms with Crippen molar-refractivity contribution in [2.24, 2.45) is 0 Å². The van der Waals surface area contributed by atoms with E-state index in [0.29, 0.717) is 0 Å². The maximum atomic E-state index is 3.78. The minimum atomic E-state index is 1.05. The Labute approximate surface area is 182 Å². The van der Waals surface area contributed by atoms with Crippen LogP contribution in [-0.2, 0) is 6.42 Å². The fraction of sp³-hybridized carbons (Fsp3) is 0.0667. The maximum Gasteiger partial charge on any atom is 0.0464 e. The first-order chi connectivity index (χ1) is 15.4. The Morgan fingerprint density at radius 3 is 2.13 bits per heavy atom. The Bertz CT molecular complexity index is 1520. The number of nitrogens with one attached hydrogen (secondary N) is 1. The molecule has 0 spiro atoms. The average Bonchev–Trinajstić information content (AvgIpc) is 2.89. The Hall–Kier alpha value is -3.84. The fourth-order valence-electron chi connectivity index (χ4n) is 4.83. The SMILES string of the molecule is C1=Cc2c(c3cc(-c4ccccc4)ccc3[nH]c3ccccc3c3ccccc23)CC1. The quantitative estimate of drug-likeness (QED) is 0.293. The molecule has 0 fully saturated rings. The number of allylic oxidation sites excluding steroid dienone is 1. The Balaban J connectivity index is 1.86. The normalized spacial score (nSPS) is 12.8. The molecule has 0 aliphatic heterocycles. The zero-order valence-electron chi connectivity index (χ0n) is 17.3. The van der Waals surface area contributed by atoms with Crippen LogP contribution in [0.4, 0.5) is 0 Å². The summed E-state index contributed by atoms with van der Waals surface area (Å²) in [6.45, 7) is 0. The molecule has 6 rings (SSSR count).